The van der Waals surface area contributed by atoms with Gasteiger partial charge in [0.1, 0.15) is 18.1 Å². The van der Waals surface area contributed by atoms with Crippen molar-refractivity contribution in [1.29, 1.82) is 0 Å². The summed E-state index contributed by atoms with van der Waals surface area (Å²) in [6.07, 6.45) is -4.32. The number of halogens is 4. The van der Waals surface area contributed by atoms with E-state index in [9.17, 15) is 27.2 Å². The van der Waals surface area contributed by atoms with Crippen LogP contribution >= 0.6 is 0 Å². The van der Waals surface area contributed by atoms with Crippen LogP contribution in [0.4, 0.5) is 28.0 Å². The molecule has 0 saturated heterocycles. The highest BCUT2D eigenvalue weighted by atomic mass is 19.4. The fourth-order valence-electron chi connectivity index (χ4n) is 4.42. The molecule has 0 fully saturated rings. The molecule has 1 N–H and O–H groups in total. The average Bonchev–Trinajstić information content (AvgIpc) is 3.40. The molecule has 0 unspecified atom stereocenters. The second-order valence-electron chi connectivity index (χ2n) is 9.15. The molecule has 3 amide bonds. The Morgan fingerprint density at radius 1 is 1.02 bits per heavy atom. The standard InChI is InChI=1S/C29H28F4N4O4/c1-40-16-15-36(28(39)34-20-13-11-19(12-14-20)29(31,32)33)18-27(38)37-25(22-8-4-6-10-26(22)41-2)17-24(35-37)21-7-3-5-9-23(21)30/h3-14,25H,15-18H2,1-2H3,(H,34,39)/t25-/m1/s1. The number of nitrogens with zero attached hydrogens (tertiary/aromatic N) is 3. The molecule has 0 saturated carbocycles. The van der Waals surface area contributed by atoms with Crippen LogP contribution in [-0.4, -0.2) is 61.5 Å². The number of ether oxygens (including phenoxy) is 2. The van der Waals surface area contributed by atoms with Crippen LogP contribution in [0.25, 0.3) is 0 Å². The van der Waals surface area contributed by atoms with E-state index in [2.05, 4.69) is 10.4 Å². The van der Waals surface area contributed by atoms with Crippen LogP contribution < -0.4 is 10.1 Å². The minimum Gasteiger partial charge on any atom is -0.496 e. The molecule has 12 heteroatoms. The van der Waals surface area contributed by atoms with Crippen molar-refractivity contribution in [3.05, 3.63) is 95.3 Å². The zero-order chi connectivity index (χ0) is 29.6. The highest BCUT2D eigenvalue weighted by molar-refractivity contribution is 6.03. The number of methoxy groups -OCH3 is 2. The minimum absolute atomic E-state index is 0.00571. The van der Waals surface area contributed by atoms with Gasteiger partial charge in [0.15, 0.2) is 0 Å². The number of alkyl halides is 3. The first-order chi connectivity index (χ1) is 19.6. The van der Waals surface area contributed by atoms with E-state index in [4.69, 9.17) is 9.47 Å². The third-order valence-corrected chi connectivity index (χ3v) is 6.49. The summed E-state index contributed by atoms with van der Waals surface area (Å²) in [5.41, 5.74) is 0.507. The number of benzene rings is 3. The Balaban J connectivity index is 1.60. The van der Waals surface area contributed by atoms with Crippen molar-refractivity contribution in [3.8, 4) is 5.75 Å². The van der Waals surface area contributed by atoms with Crippen molar-refractivity contribution in [2.45, 2.75) is 18.6 Å². The van der Waals surface area contributed by atoms with Gasteiger partial charge in [0.2, 0.25) is 0 Å². The molecule has 41 heavy (non-hydrogen) atoms. The Kier molecular flexibility index (Phi) is 9.23. The lowest BCUT2D eigenvalue weighted by Crippen LogP contribution is -2.44. The number of carbonyl (C=O) groups excluding carboxylic acids is 2. The third kappa shape index (κ3) is 7.01. The maximum absolute atomic E-state index is 14.7. The molecule has 3 aromatic rings. The van der Waals surface area contributed by atoms with Gasteiger partial charge in [0.25, 0.3) is 5.91 Å². The summed E-state index contributed by atoms with van der Waals surface area (Å²) < 4.78 is 64.0. The number of anilines is 1. The maximum Gasteiger partial charge on any atom is 0.416 e. The van der Waals surface area contributed by atoms with Crippen molar-refractivity contribution in [2.75, 3.05) is 39.2 Å². The highest BCUT2D eigenvalue weighted by Gasteiger charge is 2.36. The molecule has 0 aliphatic carbocycles. The second-order valence-corrected chi connectivity index (χ2v) is 9.15. The molecule has 0 bridgehead atoms. The normalized spacial score (nSPS) is 14.9. The number of carbonyl (C=O) groups is 2. The smallest absolute Gasteiger partial charge is 0.416 e. The van der Waals surface area contributed by atoms with Gasteiger partial charge in [-0.25, -0.2) is 14.2 Å². The Bertz CT molecular complexity index is 1410. The molecular weight excluding hydrogens is 544 g/mol. The summed E-state index contributed by atoms with van der Waals surface area (Å²) >= 11 is 0. The molecule has 4 rings (SSSR count). The summed E-state index contributed by atoms with van der Waals surface area (Å²) in [7, 11) is 2.92. The van der Waals surface area contributed by atoms with Crippen molar-refractivity contribution in [1.82, 2.24) is 9.91 Å². The van der Waals surface area contributed by atoms with Crippen LogP contribution in [0.2, 0.25) is 0 Å². The molecule has 3 aromatic carbocycles. The lowest BCUT2D eigenvalue weighted by Gasteiger charge is -2.27. The van der Waals surface area contributed by atoms with Gasteiger partial charge in [-0.05, 0) is 36.4 Å². The Morgan fingerprint density at radius 2 is 1.71 bits per heavy atom. The lowest BCUT2D eigenvalue weighted by atomic mass is 9.97. The van der Waals surface area contributed by atoms with Gasteiger partial charge in [-0.1, -0.05) is 36.4 Å². The highest BCUT2D eigenvalue weighted by Crippen LogP contribution is 2.38. The maximum atomic E-state index is 14.7. The first-order valence-electron chi connectivity index (χ1n) is 12.6. The van der Waals surface area contributed by atoms with Crippen LogP contribution in [0.5, 0.6) is 5.75 Å². The number of urea groups is 1. The van der Waals surface area contributed by atoms with Gasteiger partial charge in [-0.15, -0.1) is 0 Å². The van der Waals surface area contributed by atoms with Gasteiger partial charge in [-0.3, -0.25) is 4.79 Å². The second kappa shape index (κ2) is 12.8. The molecular formula is C29H28F4N4O4. The van der Waals surface area contributed by atoms with E-state index in [-0.39, 0.29) is 30.8 Å². The van der Waals surface area contributed by atoms with E-state index in [1.807, 2.05) is 0 Å². The summed E-state index contributed by atoms with van der Waals surface area (Å²) in [5, 5.41) is 8.20. The quantitative estimate of drug-likeness (QED) is 0.333. The van der Waals surface area contributed by atoms with Crippen molar-refractivity contribution in [2.24, 2.45) is 5.10 Å². The number of amides is 3. The summed E-state index contributed by atoms with van der Waals surface area (Å²) in [6, 6.07) is 15.8. The molecule has 0 spiro atoms. The van der Waals surface area contributed by atoms with Crippen molar-refractivity contribution in [3.63, 3.8) is 0 Å². The summed E-state index contributed by atoms with van der Waals surface area (Å²) in [6.45, 7) is -0.339. The molecule has 1 aliphatic rings. The predicted octanol–water partition coefficient (Wildman–Crippen LogP) is 5.71. The first kappa shape index (κ1) is 29.5. The lowest BCUT2D eigenvalue weighted by molar-refractivity contribution is -0.137. The molecule has 1 heterocycles. The Morgan fingerprint density at radius 3 is 2.37 bits per heavy atom. The number of nitrogens with one attached hydrogen (secondary N) is 1. The van der Waals surface area contributed by atoms with Crippen LogP contribution in [0.15, 0.2) is 77.9 Å². The molecule has 0 aromatic heterocycles. The number of hydrogen-bond donors (Lipinski definition) is 1. The fraction of sp³-hybridized carbons (Fsp3) is 0.276. The molecule has 216 valence electrons. The van der Waals surface area contributed by atoms with Gasteiger partial charge in [0, 0.05) is 36.9 Å². The van der Waals surface area contributed by atoms with Gasteiger partial charge >= 0.3 is 12.2 Å². The minimum atomic E-state index is -4.52. The average molecular weight is 573 g/mol. The van der Waals surface area contributed by atoms with Crippen molar-refractivity contribution >= 4 is 23.3 Å². The number of rotatable bonds is 9. The number of hydrogen-bond acceptors (Lipinski definition) is 5. The topological polar surface area (TPSA) is 83.5 Å². The van der Waals surface area contributed by atoms with Gasteiger partial charge in [0.05, 0.1) is 31.0 Å². The largest absolute Gasteiger partial charge is 0.496 e. The van der Waals surface area contributed by atoms with Crippen LogP contribution in [-0.2, 0) is 15.7 Å². The predicted molar refractivity (Wildman–Crippen MR) is 144 cm³/mol. The zero-order valence-electron chi connectivity index (χ0n) is 22.3. The zero-order valence-corrected chi connectivity index (χ0v) is 22.3. The number of hydrazone groups is 1. The summed E-state index contributed by atoms with van der Waals surface area (Å²) in [4.78, 5) is 27.9. The van der Waals surface area contributed by atoms with Crippen molar-refractivity contribution < 1.29 is 36.6 Å². The monoisotopic (exact) mass is 572 g/mol. The van der Waals surface area contributed by atoms with E-state index in [0.29, 0.717) is 17.0 Å². The van der Waals surface area contributed by atoms with Crippen LogP contribution in [0.3, 0.4) is 0 Å². The summed E-state index contributed by atoms with van der Waals surface area (Å²) in [5.74, 6) is -0.542. The number of para-hydroxylation sites is 1. The SMILES string of the molecule is COCCN(CC(=O)N1N=C(c2ccccc2F)C[C@@H]1c1ccccc1OC)C(=O)Nc1ccc(C(F)(F)F)cc1. The fourth-order valence-corrected chi connectivity index (χ4v) is 4.42. The Labute approximate surface area is 234 Å². The Hall–Kier alpha value is -4.45. The van der Waals surface area contributed by atoms with Crippen LogP contribution in [0.1, 0.15) is 29.2 Å². The molecule has 1 atom stereocenters. The van der Waals surface area contributed by atoms with Gasteiger partial charge in [-0.2, -0.15) is 18.3 Å². The van der Waals surface area contributed by atoms with E-state index in [1.54, 1.807) is 42.5 Å². The molecule has 0 radical (unpaired) electrons. The third-order valence-electron chi connectivity index (χ3n) is 6.49. The van der Waals surface area contributed by atoms with Crippen LogP contribution in [0, 0.1) is 5.82 Å². The van der Waals surface area contributed by atoms with E-state index in [1.165, 1.54) is 30.2 Å². The first-order valence-corrected chi connectivity index (χ1v) is 12.6. The molecule has 8 nitrogen and oxygen atoms in total. The molecule has 1 aliphatic heterocycles. The van der Waals surface area contributed by atoms with E-state index in [0.717, 1.165) is 24.3 Å². The van der Waals surface area contributed by atoms with Gasteiger partial charge < -0.3 is 19.7 Å². The van der Waals surface area contributed by atoms with E-state index >= 15 is 0 Å². The van der Waals surface area contributed by atoms with E-state index < -0.39 is 42.1 Å².